The fourth-order valence-corrected chi connectivity index (χ4v) is 7.30. The molecular formula is C31H34F7N3O3. The van der Waals surface area contributed by atoms with Crippen LogP contribution in [0.4, 0.5) is 35.5 Å². The monoisotopic (exact) mass is 629 g/mol. The van der Waals surface area contributed by atoms with Gasteiger partial charge >= 0.3 is 24.4 Å². The minimum atomic E-state index is -4.97. The Bertz CT molecular complexity index is 1390. The third kappa shape index (κ3) is 6.12. The van der Waals surface area contributed by atoms with Gasteiger partial charge in [0.1, 0.15) is 5.82 Å². The largest absolute Gasteiger partial charge is 0.469 e. The molecule has 6 rings (SSSR count). The normalized spacial score (nSPS) is 26.0. The molecule has 240 valence electrons. The highest BCUT2D eigenvalue weighted by Gasteiger charge is 2.72. The number of urea groups is 1. The Morgan fingerprint density at radius 1 is 1.00 bits per heavy atom. The molecule has 44 heavy (non-hydrogen) atoms. The molecule has 0 spiro atoms. The molecule has 13 heteroatoms. The van der Waals surface area contributed by atoms with Crippen LogP contribution in [-0.2, 0) is 21.9 Å². The molecule has 1 N–H and O–H groups in total. The van der Waals surface area contributed by atoms with Crippen LogP contribution in [0.2, 0.25) is 0 Å². The van der Waals surface area contributed by atoms with Gasteiger partial charge in [-0.1, -0.05) is 13.0 Å². The summed E-state index contributed by atoms with van der Waals surface area (Å²) in [6, 6.07) is 4.72. The second-order valence-electron chi connectivity index (χ2n) is 12.7. The van der Waals surface area contributed by atoms with Crippen LogP contribution >= 0.6 is 0 Å². The highest BCUT2D eigenvalue weighted by molar-refractivity contribution is 5.81. The summed E-state index contributed by atoms with van der Waals surface area (Å²) in [5.41, 5.74) is -2.03. The maximum Gasteiger partial charge on any atom is 0.416 e. The molecule has 2 aromatic rings. The van der Waals surface area contributed by atoms with Crippen LogP contribution in [0.15, 0.2) is 36.4 Å². The van der Waals surface area contributed by atoms with E-state index in [1.165, 1.54) is 26.2 Å². The fraction of sp³-hybridized carbons (Fsp3) is 0.548. The summed E-state index contributed by atoms with van der Waals surface area (Å²) in [4.78, 5) is 29.4. The lowest BCUT2D eigenvalue weighted by Crippen LogP contribution is -2.69. The van der Waals surface area contributed by atoms with Crippen molar-refractivity contribution in [2.24, 2.45) is 10.8 Å². The van der Waals surface area contributed by atoms with Crippen molar-refractivity contribution in [1.82, 2.24) is 15.1 Å². The Kier molecular flexibility index (Phi) is 8.18. The molecular weight excluding hydrogens is 595 g/mol. The molecule has 0 aromatic heterocycles. The molecule has 3 aliphatic carbocycles. The second kappa shape index (κ2) is 11.2. The van der Waals surface area contributed by atoms with Crippen LogP contribution < -0.4 is 5.32 Å². The summed E-state index contributed by atoms with van der Waals surface area (Å²) in [6.07, 6.45) is -7.71. The first kappa shape index (κ1) is 32.1. The number of esters is 1. The van der Waals surface area contributed by atoms with Crippen molar-refractivity contribution < 1.29 is 45.1 Å². The molecule has 1 heterocycles. The van der Waals surface area contributed by atoms with E-state index in [0.29, 0.717) is 37.3 Å². The smallest absolute Gasteiger partial charge is 0.416 e. The SMILES string of the molecule is COC(=O)C12CC(CN3CCN(C(=O)NC[C@H](C)c4cc(C(F)(F)F)cc(C(F)(F)F)c4)C(c4ccc(F)cc4C)C3)(C1)C2. The Morgan fingerprint density at radius 3 is 2.16 bits per heavy atom. The number of benzene rings is 2. The maximum atomic E-state index is 14.0. The number of hydrogen-bond acceptors (Lipinski definition) is 4. The molecule has 4 fully saturated rings. The summed E-state index contributed by atoms with van der Waals surface area (Å²) < 4.78 is 99.1. The quantitative estimate of drug-likeness (QED) is 0.274. The Morgan fingerprint density at radius 2 is 1.61 bits per heavy atom. The number of nitrogens with zero attached hydrogens (tertiary/aromatic N) is 2. The van der Waals surface area contributed by atoms with Gasteiger partial charge in [-0.15, -0.1) is 0 Å². The summed E-state index contributed by atoms with van der Waals surface area (Å²) >= 11 is 0. The van der Waals surface area contributed by atoms with Crippen LogP contribution in [-0.4, -0.2) is 61.6 Å². The van der Waals surface area contributed by atoms with Crippen LogP contribution in [0.5, 0.6) is 0 Å². The van der Waals surface area contributed by atoms with Gasteiger partial charge in [0.25, 0.3) is 0 Å². The number of methoxy groups -OCH3 is 1. The van der Waals surface area contributed by atoms with Gasteiger partial charge in [-0.3, -0.25) is 9.69 Å². The minimum absolute atomic E-state index is 0.0106. The number of ether oxygens (including phenoxy) is 1. The fourth-order valence-electron chi connectivity index (χ4n) is 7.30. The zero-order valence-electron chi connectivity index (χ0n) is 24.5. The van der Waals surface area contributed by atoms with Gasteiger partial charge in [0.15, 0.2) is 0 Å². The molecule has 2 amide bonds. The van der Waals surface area contributed by atoms with Crippen molar-refractivity contribution >= 4 is 12.0 Å². The second-order valence-corrected chi connectivity index (χ2v) is 12.7. The molecule has 1 unspecified atom stereocenters. The lowest BCUT2D eigenvalue weighted by molar-refractivity contribution is -0.231. The molecule has 0 radical (unpaired) electrons. The number of carbonyl (C=O) groups excluding carboxylic acids is 2. The van der Waals surface area contributed by atoms with Crippen molar-refractivity contribution in [3.8, 4) is 0 Å². The minimum Gasteiger partial charge on any atom is -0.469 e. The predicted molar refractivity (Wildman–Crippen MR) is 146 cm³/mol. The van der Waals surface area contributed by atoms with Crippen molar-refractivity contribution in [2.75, 3.05) is 39.8 Å². The molecule has 1 saturated heterocycles. The van der Waals surface area contributed by atoms with E-state index in [9.17, 15) is 40.3 Å². The van der Waals surface area contributed by atoms with E-state index in [-0.39, 0.29) is 35.0 Å². The first-order valence-electron chi connectivity index (χ1n) is 14.4. The highest BCUT2D eigenvalue weighted by Crippen LogP contribution is 2.73. The van der Waals surface area contributed by atoms with E-state index in [0.717, 1.165) is 31.4 Å². The van der Waals surface area contributed by atoms with E-state index in [1.807, 2.05) is 0 Å². The summed E-state index contributed by atoms with van der Waals surface area (Å²) in [5, 5.41) is 2.70. The molecule has 3 saturated carbocycles. The number of amides is 2. The summed E-state index contributed by atoms with van der Waals surface area (Å²) in [5.74, 6) is -1.47. The third-order valence-electron chi connectivity index (χ3n) is 9.37. The van der Waals surface area contributed by atoms with Gasteiger partial charge < -0.3 is 15.0 Å². The molecule has 2 bridgehead atoms. The number of piperazine rings is 1. The van der Waals surface area contributed by atoms with Gasteiger partial charge in [-0.25, -0.2) is 9.18 Å². The molecule has 2 aromatic carbocycles. The molecule has 6 nitrogen and oxygen atoms in total. The summed E-state index contributed by atoms with van der Waals surface area (Å²) in [6.45, 7) is 4.96. The number of nitrogens with one attached hydrogen (secondary N) is 1. The number of alkyl halides is 6. The first-order chi connectivity index (χ1) is 20.4. The maximum absolute atomic E-state index is 14.0. The van der Waals surface area contributed by atoms with Crippen molar-refractivity contribution in [3.63, 3.8) is 0 Å². The van der Waals surface area contributed by atoms with Crippen molar-refractivity contribution in [3.05, 3.63) is 70.0 Å². The van der Waals surface area contributed by atoms with Gasteiger partial charge in [-0.05, 0) is 84.5 Å². The number of rotatable bonds is 7. The highest BCUT2D eigenvalue weighted by atomic mass is 19.4. The lowest BCUT2D eigenvalue weighted by Gasteiger charge is -2.69. The number of hydrogen-bond donors (Lipinski definition) is 1. The van der Waals surface area contributed by atoms with Gasteiger partial charge in [0.05, 0.1) is 29.7 Å². The average molecular weight is 630 g/mol. The lowest BCUT2D eigenvalue weighted by atomic mass is 9.35. The van der Waals surface area contributed by atoms with E-state index >= 15 is 0 Å². The van der Waals surface area contributed by atoms with Crippen LogP contribution in [0.25, 0.3) is 0 Å². The average Bonchev–Trinajstić information content (AvgIpc) is 2.91. The number of aryl methyl sites for hydroxylation is 1. The Labute approximate surface area is 250 Å². The predicted octanol–water partition coefficient (Wildman–Crippen LogP) is 6.69. The molecule has 2 atom stereocenters. The Balaban J connectivity index is 1.29. The van der Waals surface area contributed by atoms with E-state index < -0.39 is 47.3 Å². The number of carbonyl (C=O) groups is 2. The van der Waals surface area contributed by atoms with Crippen LogP contribution in [0.1, 0.15) is 66.0 Å². The zero-order valence-corrected chi connectivity index (χ0v) is 24.5. The van der Waals surface area contributed by atoms with E-state index in [4.69, 9.17) is 4.74 Å². The van der Waals surface area contributed by atoms with E-state index in [2.05, 4.69) is 10.2 Å². The zero-order chi connectivity index (χ0) is 32.2. The molecule has 1 aliphatic heterocycles. The van der Waals surface area contributed by atoms with Crippen molar-refractivity contribution in [1.29, 1.82) is 0 Å². The van der Waals surface area contributed by atoms with Crippen molar-refractivity contribution in [2.45, 2.75) is 57.4 Å². The standard InChI is InChI=1S/C31H34F7N3O3/c1-18-8-23(32)4-5-24(18)25-13-40(17-28-14-29(15-28,16-28)26(42)44-3)6-7-41(25)27(43)39-12-19(2)20-9-21(30(33,34)35)11-22(10-20)31(36,37)38/h4-5,8-11,19,25H,6-7,12-17H2,1-3H3,(H,39,43)/t19-,25?,28?,29?/m0/s1. The van der Waals surface area contributed by atoms with Gasteiger partial charge in [0, 0.05) is 32.7 Å². The van der Waals surface area contributed by atoms with Crippen LogP contribution in [0, 0.1) is 23.6 Å². The van der Waals surface area contributed by atoms with Crippen LogP contribution in [0.3, 0.4) is 0 Å². The first-order valence-corrected chi connectivity index (χ1v) is 14.4. The van der Waals surface area contributed by atoms with Gasteiger partial charge in [0.2, 0.25) is 0 Å². The topological polar surface area (TPSA) is 61.9 Å². The molecule has 4 aliphatic rings. The Hall–Kier alpha value is -3.35. The number of halogens is 7. The van der Waals surface area contributed by atoms with Gasteiger partial charge in [-0.2, -0.15) is 26.3 Å². The van der Waals surface area contributed by atoms with E-state index in [1.54, 1.807) is 17.9 Å². The third-order valence-corrected chi connectivity index (χ3v) is 9.37. The summed E-state index contributed by atoms with van der Waals surface area (Å²) in [7, 11) is 1.38.